The molecule has 0 radical (unpaired) electrons. The number of hydrogen-bond acceptors (Lipinski definition) is 6. The molecule has 0 saturated carbocycles. The Balaban J connectivity index is 1.12. The van der Waals surface area contributed by atoms with Crippen molar-refractivity contribution in [2.24, 2.45) is 0 Å². The summed E-state index contributed by atoms with van der Waals surface area (Å²) in [6.07, 6.45) is 0. The van der Waals surface area contributed by atoms with Crippen molar-refractivity contribution in [1.29, 1.82) is 0 Å². The van der Waals surface area contributed by atoms with Crippen LogP contribution in [0.25, 0.3) is 101 Å². The van der Waals surface area contributed by atoms with Gasteiger partial charge in [0.05, 0.1) is 0 Å². The lowest BCUT2D eigenvalue weighted by molar-refractivity contribution is 0.617. The third-order valence-electron chi connectivity index (χ3n) is 9.16. The SMILES string of the molecule is c1ccc(-c2nc(-c3ccc(-c4ccc5ccccc5c4)cc3)nc(-c3cccc4oc5cc6oc(-c7ccccc7)nc6cc5c34)n2)cc1. The fourth-order valence-electron chi connectivity index (χ4n) is 6.66. The summed E-state index contributed by atoms with van der Waals surface area (Å²) in [5, 5.41) is 4.27. The maximum atomic E-state index is 6.39. The summed E-state index contributed by atoms with van der Waals surface area (Å²) in [5.74, 6) is 2.32. The molecule has 3 heterocycles. The van der Waals surface area contributed by atoms with E-state index in [1.165, 1.54) is 10.8 Å². The standard InChI is InChI=1S/C44H26N4O2/c1-3-11-29(12-4-1)41-46-42(30-21-18-28(19-22-30)33-23-20-27-10-7-8-15-32(27)24-33)48-43(47-41)34-16-9-17-37-40(34)35-25-36-39(26-38(35)49-37)50-44(45-36)31-13-5-2-6-14-31/h1-26H. The van der Waals surface area contributed by atoms with Gasteiger partial charge in [0.2, 0.25) is 5.89 Å². The summed E-state index contributed by atoms with van der Waals surface area (Å²) < 4.78 is 12.5. The third-order valence-corrected chi connectivity index (χ3v) is 9.16. The summed E-state index contributed by atoms with van der Waals surface area (Å²) in [6.45, 7) is 0. The predicted molar refractivity (Wildman–Crippen MR) is 199 cm³/mol. The summed E-state index contributed by atoms with van der Waals surface area (Å²) in [7, 11) is 0. The minimum Gasteiger partial charge on any atom is -0.456 e. The van der Waals surface area contributed by atoms with Crippen molar-refractivity contribution in [3.63, 3.8) is 0 Å². The highest BCUT2D eigenvalue weighted by atomic mass is 16.4. The quantitative estimate of drug-likeness (QED) is 0.186. The second kappa shape index (κ2) is 11.4. The fraction of sp³-hybridized carbons (Fsp3) is 0. The monoisotopic (exact) mass is 642 g/mol. The molecule has 0 amide bonds. The van der Waals surface area contributed by atoms with Crippen LogP contribution in [0, 0.1) is 0 Å². The van der Waals surface area contributed by atoms with Crippen molar-refractivity contribution in [2.45, 2.75) is 0 Å². The molecule has 0 aliphatic carbocycles. The normalized spacial score (nSPS) is 11.6. The Morgan fingerprint density at radius 2 is 1.00 bits per heavy atom. The Morgan fingerprint density at radius 1 is 0.360 bits per heavy atom. The van der Waals surface area contributed by atoms with Crippen molar-refractivity contribution in [1.82, 2.24) is 19.9 Å². The van der Waals surface area contributed by atoms with Gasteiger partial charge in [-0.1, -0.05) is 121 Å². The number of rotatable bonds is 5. The van der Waals surface area contributed by atoms with Gasteiger partial charge in [-0.15, -0.1) is 0 Å². The first-order valence-electron chi connectivity index (χ1n) is 16.5. The van der Waals surface area contributed by atoms with E-state index in [0.29, 0.717) is 34.5 Å². The van der Waals surface area contributed by atoms with E-state index in [0.717, 1.165) is 55.3 Å². The van der Waals surface area contributed by atoms with E-state index in [1.54, 1.807) is 0 Å². The molecule has 0 unspecified atom stereocenters. The van der Waals surface area contributed by atoms with Crippen molar-refractivity contribution in [2.75, 3.05) is 0 Å². The van der Waals surface area contributed by atoms with Gasteiger partial charge in [-0.2, -0.15) is 0 Å². The Hall–Kier alpha value is -6.92. The van der Waals surface area contributed by atoms with Crippen LogP contribution >= 0.6 is 0 Å². The minimum atomic E-state index is 0.561. The number of oxazole rings is 1. The second-order valence-electron chi connectivity index (χ2n) is 12.3. The first-order valence-corrected chi connectivity index (χ1v) is 16.5. The zero-order valence-corrected chi connectivity index (χ0v) is 26.6. The van der Waals surface area contributed by atoms with E-state index in [4.69, 9.17) is 28.8 Å². The van der Waals surface area contributed by atoms with Crippen molar-refractivity contribution in [3.05, 3.63) is 158 Å². The van der Waals surface area contributed by atoms with Crippen LogP contribution in [0.5, 0.6) is 0 Å². The van der Waals surface area contributed by atoms with Crippen LogP contribution in [0.2, 0.25) is 0 Å². The highest BCUT2D eigenvalue weighted by molar-refractivity contribution is 6.14. The molecule has 0 aliphatic rings. The van der Waals surface area contributed by atoms with Crippen molar-refractivity contribution < 1.29 is 8.83 Å². The highest BCUT2D eigenvalue weighted by Crippen LogP contribution is 2.39. The minimum absolute atomic E-state index is 0.561. The molecule has 0 fully saturated rings. The molecule has 0 aliphatic heterocycles. The molecule has 50 heavy (non-hydrogen) atoms. The Bertz CT molecular complexity index is 2860. The number of furan rings is 1. The summed E-state index contributed by atoms with van der Waals surface area (Å²) in [5.41, 5.74) is 8.72. The number of aromatic nitrogens is 4. The number of hydrogen-bond donors (Lipinski definition) is 0. The molecule has 0 saturated heterocycles. The fourth-order valence-corrected chi connectivity index (χ4v) is 6.66. The first kappa shape index (κ1) is 28.1. The number of nitrogens with zero attached hydrogens (tertiary/aromatic N) is 4. The van der Waals surface area contributed by atoms with Crippen LogP contribution in [-0.2, 0) is 0 Å². The number of fused-ring (bicyclic) bond motifs is 5. The predicted octanol–water partition coefficient (Wildman–Crippen LogP) is 11.4. The molecule has 3 aromatic heterocycles. The highest BCUT2D eigenvalue weighted by Gasteiger charge is 2.20. The summed E-state index contributed by atoms with van der Waals surface area (Å²) in [6, 6.07) is 53.2. The molecule has 0 atom stereocenters. The molecule has 0 spiro atoms. The Morgan fingerprint density at radius 3 is 1.78 bits per heavy atom. The van der Waals surface area contributed by atoms with Gasteiger partial charge in [-0.05, 0) is 52.2 Å². The van der Waals surface area contributed by atoms with Crippen LogP contribution in [0.3, 0.4) is 0 Å². The van der Waals surface area contributed by atoms with Crippen LogP contribution in [0.15, 0.2) is 167 Å². The lowest BCUT2D eigenvalue weighted by atomic mass is 10.00. The third kappa shape index (κ3) is 4.81. The van der Waals surface area contributed by atoms with Gasteiger partial charge in [0.15, 0.2) is 23.1 Å². The van der Waals surface area contributed by atoms with Gasteiger partial charge in [0, 0.05) is 39.1 Å². The molecule has 0 bridgehead atoms. The molecule has 7 aromatic carbocycles. The van der Waals surface area contributed by atoms with Crippen LogP contribution < -0.4 is 0 Å². The van der Waals surface area contributed by atoms with Crippen molar-refractivity contribution in [3.8, 4) is 56.7 Å². The first-order chi connectivity index (χ1) is 24.7. The Kier molecular flexibility index (Phi) is 6.39. The molecular weight excluding hydrogens is 617 g/mol. The molecular formula is C44H26N4O2. The van der Waals surface area contributed by atoms with E-state index >= 15 is 0 Å². The lowest BCUT2D eigenvalue weighted by Gasteiger charge is -2.10. The average molecular weight is 643 g/mol. The maximum Gasteiger partial charge on any atom is 0.227 e. The maximum absolute atomic E-state index is 6.39. The summed E-state index contributed by atoms with van der Waals surface area (Å²) in [4.78, 5) is 19.9. The second-order valence-corrected chi connectivity index (χ2v) is 12.3. The van der Waals surface area contributed by atoms with Crippen LogP contribution in [-0.4, -0.2) is 19.9 Å². The van der Waals surface area contributed by atoms with E-state index in [1.807, 2.05) is 91.0 Å². The molecule has 10 rings (SSSR count). The van der Waals surface area contributed by atoms with Crippen LogP contribution in [0.1, 0.15) is 0 Å². The molecule has 0 N–H and O–H groups in total. The lowest BCUT2D eigenvalue weighted by Crippen LogP contribution is -2.00. The van der Waals surface area contributed by atoms with E-state index < -0.39 is 0 Å². The molecule has 6 heteroatoms. The van der Waals surface area contributed by atoms with Crippen molar-refractivity contribution >= 4 is 43.8 Å². The van der Waals surface area contributed by atoms with Gasteiger partial charge in [-0.3, -0.25) is 0 Å². The number of benzene rings is 7. The van der Waals surface area contributed by atoms with E-state index in [2.05, 4.69) is 66.7 Å². The summed E-state index contributed by atoms with van der Waals surface area (Å²) >= 11 is 0. The molecule has 234 valence electrons. The Labute approximate surface area is 286 Å². The van der Waals surface area contributed by atoms with E-state index in [9.17, 15) is 0 Å². The molecule has 10 aromatic rings. The molecule has 6 nitrogen and oxygen atoms in total. The zero-order valence-electron chi connectivity index (χ0n) is 26.6. The van der Waals surface area contributed by atoms with Crippen LogP contribution in [0.4, 0.5) is 0 Å². The topological polar surface area (TPSA) is 77.8 Å². The van der Waals surface area contributed by atoms with Gasteiger partial charge in [0.1, 0.15) is 16.7 Å². The smallest absolute Gasteiger partial charge is 0.227 e. The largest absolute Gasteiger partial charge is 0.456 e. The van der Waals surface area contributed by atoms with Gasteiger partial charge in [0.25, 0.3) is 0 Å². The van der Waals surface area contributed by atoms with Gasteiger partial charge >= 0.3 is 0 Å². The van der Waals surface area contributed by atoms with E-state index in [-0.39, 0.29) is 0 Å². The van der Waals surface area contributed by atoms with Gasteiger partial charge in [-0.25, -0.2) is 19.9 Å². The van der Waals surface area contributed by atoms with Gasteiger partial charge < -0.3 is 8.83 Å². The zero-order chi connectivity index (χ0) is 33.0. The average Bonchev–Trinajstić information content (AvgIpc) is 3.78.